The maximum Gasteiger partial charge on any atom is 0.417 e. The third-order valence-electron chi connectivity index (χ3n) is 5.23. The van der Waals surface area contributed by atoms with Gasteiger partial charge in [0.2, 0.25) is 0 Å². The van der Waals surface area contributed by atoms with Crippen molar-refractivity contribution in [1.82, 2.24) is 9.55 Å². The molecular formula is C22H25F3N4O. The van der Waals surface area contributed by atoms with E-state index in [2.05, 4.69) is 11.1 Å². The van der Waals surface area contributed by atoms with E-state index < -0.39 is 17.3 Å². The number of rotatable bonds is 6. The molecule has 0 amide bonds. The SMILES string of the molecule is CCN(c1ccc(C#N)c(C(F)(F)F)c1)C1CC=C(c2cncn2CC(C)(C)O)C1. The van der Waals surface area contributed by atoms with Gasteiger partial charge in [0, 0.05) is 18.3 Å². The molecule has 1 aliphatic rings. The predicted molar refractivity (Wildman–Crippen MR) is 109 cm³/mol. The minimum Gasteiger partial charge on any atom is -0.389 e. The predicted octanol–water partition coefficient (Wildman–Crippen LogP) is 4.62. The van der Waals surface area contributed by atoms with Gasteiger partial charge >= 0.3 is 6.18 Å². The fourth-order valence-electron chi connectivity index (χ4n) is 3.97. The summed E-state index contributed by atoms with van der Waals surface area (Å²) in [6, 6.07) is 5.52. The minimum absolute atomic E-state index is 0.00417. The standard InChI is InChI=1S/C22H25F3N4O/c1-4-29(18-8-6-16(11-26)19(10-18)22(23,24)25)17-7-5-15(9-17)20-12-27-14-28(20)13-21(2,3)30/h5-6,8,10,12,14,17,30H,4,7,9,13H2,1-3H3. The van der Waals surface area contributed by atoms with Crippen LogP contribution in [0.25, 0.3) is 5.57 Å². The van der Waals surface area contributed by atoms with Crippen molar-refractivity contribution in [2.45, 2.75) is 58.0 Å². The molecule has 1 atom stereocenters. The molecule has 1 unspecified atom stereocenters. The number of hydrogen-bond acceptors (Lipinski definition) is 4. The molecule has 5 nitrogen and oxygen atoms in total. The highest BCUT2D eigenvalue weighted by Crippen LogP contribution is 2.37. The molecule has 1 N–H and O–H groups in total. The number of alkyl halides is 3. The molecule has 0 saturated carbocycles. The van der Waals surface area contributed by atoms with E-state index in [-0.39, 0.29) is 11.6 Å². The Kier molecular flexibility index (Phi) is 5.95. The molecule has 1 aliphatic carbocycles. The number of imidazole rings is 1. The highest BCUT2D eigenvalue weighted by molar-refractivity contribution is 5.67. The second-order valence-electron chi connectivity index (χ2n) is 8.17. The highest BCUT2D eigenvalue weighted by Gasteiger charge is 2.35. The van der Waals surface area contributed by atoms with E-state index in [1.807, 2.05) is 16.4 Å². The Morgan fingerprint density at radius 2 is 2.07 bits per heavy atom. The van der Waals surface area contributed by atoms with Gasteiger partial charge in [-0.25, -0.2) is 4.98 Å². The molecule has 0 bridgehead atoms. The first kappa shape index (κ1) is 21.9. The van der Waals surface area contributed by atoms with E-state index in [1.165, 1.54) is 6.07 Å². The van der Waals surface area contributed by atoms with E-state index in [9.17, 15) is 18.3 Å². The van der Waals surface area contributed by atoms with Crippen molar-refractivity contribution in [2.24, 2.45) is 0 Å². The van der Waals surface area contributed by atoms with Crippen LogP contribution in [0.3, 0.4) is 0 Å². The topological polar surface area (TPSA) is 65.1 Å². The van der Waals surface area contributed by atoms with E-state index in [0.717, 1.165) is 17.3 Å². The normalized spacial score (nSPS) is 17.0. The highest BCUT2D eigenvalue weighted by atomic mass is 19.4. The number of nitriles is 1. The summed E-state index contributed by atoms with van der Waals surface area (Å²) >= 11 is 0. The summed E-state index contributed by atoms with van der Waals surface area (Å²) in [5, 5.41) is 19.2. The zero-order chi connectivity index (χ0) is 22.1. The Balaban J connectivity index is 1.83. The molecule has 0 fully saturated rings. The molecule has 0 aliphatic heterocycles. The fraction of sp³-hybridized carbons (Fsp3) is 0.455. The molecule has 0 saturated heterocycles. The molecule has 1 heterocycles. The zero-order valence-corrected chi connectivity index (χ0v) is 17.2. The van der Waals surface area contributed by atoms with Gasteiger partial charge in [0.25, 0.3) is 0 Å². The first-order valence-corrected chi connectivity index (χ1v) is 9.83. The van der Waals surface area contributed by atoms with Crippen molar-refractivity contribution in [2.75, 3.05) is 11.4 Å². The van der Waals surface area contributed by atoms with E-state index >= 15 is 0 Å². The molecule has 2 aromatic rings. The summed E-state index contributed by atoms with van der Waals surface area (Å²) < 4.78 is 42.0. The molecular weight excluding hydrogens is 393 g/mol. The number of benzene rings is 1. The van der Waals surface area contributed by atoms with Crippen molar-refractivity contribution in [3.05, 3.63) is 53.6 Å². The second kappa shape index (κ2) is 8.15. The Morgan fingerprint density at radius 1 is 1.33 bits per heavy atom. The summed E-state index contributed by atoms with van der Waals surface area (Å²) in [6.45, 7) is 6.29. The largest absolute Gasteiger partial charge is 0.417 e. The van der Waals surface area contributed by atoms with Gasteiger partial charge in [-0.15, -0.1) is 0 Å². The van der Waals surface area contributed by atoms with Gasteiger partial charge in [-0.05, 0) is 57.4 Å². The van der Waals surface area contributed by atoms with Gasteiger partial charge in [-0.3, -0.25) is 0 Å². The van der Waals surface area contributed by atoms with Crippen molar-refractivity contribution < 1.29 is 18.3 Å². The van der Waals surface area contributed by atoms with E-state index in [0.29, 0.717) is 31.6 Å². The van der Waals surface area contributed by atoms with Crippen LogP contribution in [0.2, 0.25) is 0 Å². The van der Waals surface area contributed by atoms with E-state index in [4.69, 9.17) is 5.26 Å². The van der Waals surface area contributed by atoms with Crippen LogP contribution in [0.1, 0.15) is 50.4 Å². The summed E-state index contributed by atoms with van der Waals surface area (Å²) in [5.74, 6) is 0. The van der Waals surface area contributed by atoms with Gasteiger partial charge in [-0.1, -0.05) is 6.08 Å². The lowest BCUT2D eigenvalue weighted by Crippen LogP contribution is -2.33. The van der Waals surface area contributed by atoms with Crippen molar-refractivity contribution in [1.29, 1.82) is 5.26 Å². The van der Waals surface area contributed by atoms with Crippen LogP contribution in [0.4, 0.5) is 18.9 Å². The molecule has 30 heavy (non-hydrogen) atoms. The summed E-state index contributed by atoms with van der Waals surface area (Å²) in [7, 11) is 0. The van der Waals surface area contributed by atoms with Crippen LogP contribution in [0.15, 0.2) is 36.8 Å². The molecule has 3 rings (SSSR count). The quantitative estimate of drug-likeness (QED) is 0.744. The van der Waals surface area contributed by atoms with E-state index in [1.54, 1.807) is 38.5 Å². The van der Waals surface area contributed by atoms with Gasteiger partial charge in [0.1, 0.15) is 0 Å². The Morgan fingerprint density at radius 3 is 2.67 bits per heavy atom. The molecule has 0 radical (unpaired) electrons. The molecule has 0 spiro atoms. The lowest BCUT2D eigenvalue weighted by molar-refractivity contribution is -0.137. The van der Waals surface area contributed by atoms with Crippen LogP contribution in [-0.2, 0) is 12.7 Å². The third-order valence-corrected chi connectivity index (χ3v) is 5.23. The second-order valence-corrected chi connectivity index (χ2v) is 8.17. The summed E-state index contributed by atoms with van der Waals surface area (Å²) in [4.78, 5) is 6.14. The van der Waals surface area contributed by atoms with Gasteiger partial charge < -0.3 is 14.6 Å². The number of nitrogens with zero attached hydrogens (tertiary/aromatic N) is 4. The summed E-state index contributed by atoms with van der Waals surface area (Å²) in [5.41, 5.74) is 0.253. The third kappa shape index (κ3) is 4.68. The van der Waals surface area contributed by atoms with Gasteiger partial charge in [0.15, 0.2) is 0 Å². The number of anilines is 1. The average molecular weight is 418 g/mol. The molecule has 1 aromatic carbocycles. The van der Waals surface area contributed by atoms with Crippen LogP contribution in [0, 0.1) is 11.3 Å². The van der Waals surface area contributed by atoms with Crippen molar-refractivity contribution >= 4 is 11.3 Å². The van der Waals surface area contributed by atoms with Crippen LogP contribution in [0.5, 0.6) is 0 Å². The lowest BCUT2D eigenvalue weighted by atomic mass is 10.0. The number of halogens is 3. The first-order chi connectivity index (χ1) is 14.0. The zero-order valence-electron chi connectivity index (χ0n) is 17.2. The van der Waals surface area contributed by atoms with Crippen molar-refractivity contribution in [3.8, 4) is 6.07 Å². The fourth-order valence-corrected chi connectivity index (χ4v) is 3.97. The van der Waals surface area contributed by atoms with Crippen LogP contribution >= 0.6 is 0 Å². The lowest BCUT2D eigenvalue weighted by Gasteiger charge is -2.31. The van der Waals surface area contributed by atoms with Crippen LogP contribution < -0.4 is 4.90 Å². The minimum atomic E-state index is -4.58. The Labute approximate surface area is 174 Å². The van der Waals surface area contributed by atoms with Gasteiger partial charge in [-0.2, -0.15) is 18.4 Å². The maximum absolute atomic E-state index is 13.4. The molecule has 160 valence electrons. The maximum atomic E-state index is 13.4. The first-order valence-electron chi connectivity index (χ1n) is 9.83. The number of hydrogen-bond donors (Lipinski definition) is 1. The summed E-state index contributed by atoms with van der Waals surface area (Å²) in [6.07, 6.45) is 2.28. The molecule has 8 heteroatoms. The average Bonchev–Trinajstić information content (AvgIpc) is 3.29. The number of aliphatic hydroxyl groups is 1. The number of aromatic nitrogens is 2. The smallest absolute Gasteiger partial charge is 0.389 e. The monoisotopic (exact) mass is 418 g/mol. The van der Waals surface area contributed by atoms with Crippen molar-refractivity contribution in [3.63, 3.8) is 0 Å². The van der Waals surface area contributed by atoms with Crippen LogP contribution in [-0.4, -0.2) is 32.8 Å². The Hall–Kier alpha value is -2.79. The Bertz CT molecular complexity index is 979. The molecule has 1 aromatic heterocycles. The van der Waals surface area contributed by atoms with Gasteiger partial charge in [0.05, 0.1) is 47.6 Å².